The summed E-state index contributed by atoms with van der Waals surface area (Å²) in [5, 5.41) is 8.80. The highest BCUT2D eigenvalue weighted by Crippen LogP contribution is 2.39. The molecule has 1 saturated heterocycles. The fraction of sp³-hybridized carbons (Fsp3) is 0.375. The molecule has 11 heteroatoms. The van der Waals surface area contributed by atoms with Crippen LogP contribution in [-0.4, -0.2) is 55.9 Å². The Morgan fingerprint density at radius 2 is 1.91 bits per heavy atom. The summed E-state index contributed by atoms with van der Waals surface area (Å²) in [5.41, 5.74) is 7.11. The summed E-state index contributed by atoms with van der Waals surface area (Å²) in [6.45, 7) is 4.06. The summed E-state index contributed by atoms with van der Waals surface area (Å²) in [5.74, 6) is 0.0802. The number of nitrogens with two attached hydrogens (primary N) is 1. The van der Waals surface area contributed by atoms with Gasteiger partial charge < -0.3 is 10.5 Å². The smallest absolute Gasteiger partial charge is 0.408 e. The van der Waals surface area contributed by atoms with E-state index in [9.17, 15) is 17.6 Å². The van der Waals surface area contributed by atoms with E-state index in [-0.39, 0.29) is 42.4 Å². The fourth-order valence-electron chi connectivity index (χ4n) is 4.54. The second kappa shape index (κ2) is 8.72. The van der Waals surface area contributed by atoms with E-state index in [0.717, 1.165) is 0 Å². The van der Waals surface area contributed by atoms with Gasteiger partial charge in [0, 0.05) is 36.8 Å². The number of fused-ring (bicyclic) bond motifs is 2. The molecule has 1 aromatic carbocycles. The molecule has 4 aromatic rings. The molecule has 0 bridgehead atoms. The molecule has 3 aromatic heterocycles. The van der Waals surface area contributed by atoms with Crippen LogP contribution in [0.5, 0.6) is 5.75 Å². The van der Waals surface area contributed by atoms with Crippen molar-refractivity contribution in [3.63, 3.8) is 0 Å². The third-order valence-electron chi connectivity index (χ3n) is 5.99. The normalized spacial score (nSPS) is 18.1. The maximum absolute atomic E-state index is 14.1. The molecular weight excluding hydrogens is 464 g/mol. The number of halogens is 4. The van der Waals surface area contributed by atoms with Crippen LogP contribution in [0, 0.1) is 5.82 Å². The van der Waals surface area contributed by atoms with Gasteiger partial charge in [-0.25, -0.2) is 9.37 Å². The van der Waals surface area contributed by atoms with Gasteiger partial charge in [0.25, 0.3) is 0 Å². The number of nitrogens with zero attached hydrogens (tertiary/aromatic N) is 5. The van der Waals surface area contributed by atoms with E-state index >= 15 is 0 Å². The van der Waals surface area contributed by atoms with Gasteiger partial charge in [-0.1, -0.05) is 12.1 Å². The molecule has 0 aliphatic carbocycles. The third-order valence-corrected chi connectivity index (χ3v) is 5.99. The van der Waals surface area contributed by atoms with Crippen LogP contribution >= 0.6 is 0 Å². The number of aromatic nitrogens is 4. The number of benzene rings is 1. The van der Waals surface area contributed by atoms with Crippen molar-refractivity contribution in [2.24, 2.45) is 5.73 Å². The zero-order valence-electron chi connectivity index (χ0n) is 19.1. The van der Waals surface area contributed by atoms with Gasteiger partial charge in [0.1, 0.15) is 28.8 Å². The summed E-state index contributed by atoms with van der Waals surface area (Å²) in [6, 6.07) is 6.73. The SMILES string of the molecule is CC(C)Oc1cc(F)cc2ccc(-c3nnc4ccc(C(N5CCC(N)C5)C(F)(F)F)cn34)nc12. The number of hydrogen-bond acceptors (Lipinski definition) is 6. The molecule has 1 fully saturated rings. The molecule has 2 unspecified atom stereocenters. The van der Waals surface area contributed by atoms with Crippen molar-refractivity contribution >= 4 is 16.6 Å². The van der Waals surface area contributed by atoms with Gasteiger partial charge in [-0.05, 0) is 44.0 Å². The number of rotatable bonds is 5. The number of pyridine rings is 2. The number of likely N-dealkylation sites (tertiary alicyclic amines) is 1. The van der Waals surface area contributed by atoms with E-state index in [2.05, 4.69) is 15.2 Å². The highest BCUT2D eigenvalue weighted by Gasteiger charge is 2.46. The molecule has 0 saturated carbocycles. The van der Waals surface area contributed by atoms with Gasteiger partial charge in [0.05, 0.1) is 6.10 Å². The summed E-state index contributed by atoms with van der Waals surface area (Å²) in [7, 11) is 0. The highest BCUT2D eigenvalue weighted by molar-refractivity contribution is 5.86. The van der Waals surface area contributed by atoms with E-state index < -0.39 is 18.0 Å². The first-order chi connectivity index (χ1) is 16.6. The maximum atomic E-state index is 14.1. The Morgan fingerprint density at radius 3 is 2.60 bits per heavy atom. The van der Waals surface area contributed by atoms with Gasteiger partial charge in [-0.2, -0.15) is 13.2 Å². The summed E-state index contributed by atoms with van der Waals surface area (Å²) in [6.07, 6.45) is -2.79. The second-order valence-corrected chi connectivity index (χ2v) is 9.04. The molecule has 2 N–H and O–H groups in total. The van der Waals surface area contributed by atoms with Gasteiger partial charge in [0.2, 0.25) is 0 Å². The molecule has 0 radical (unpaired) electrons. The molecule has 0 spiro atoms. The minimum absolute atomic E-state index is 0.0619. The number of alkyl halides is 3. The van der Waals surface area contributed by atoms with Crippen molar-refractivity contribution in [2.45, 2.75) is 44.6 Å². The zero-order valence-corrected chi connectivity index (χ0v) is 19.1. The molecule has 7 nitrogen and oxygen atoms in total. The van der Waals surface area contributed by atoms with Crippen molar-refractivity contribution in [1.82, 2.24) is 24.5 Å². The average Bonchev–Trinajstić information content (AvgIpc) is 3.38. The molecule has 184 valence electrons. The molecule has 35 heavy (non-hydrogen) atoms. The monoisotopic (exact) mass is 488 g/mol. The fourth-order valence-corrected chi connectivity index (χ4v) is 4.54. The van der Waals surface area contributed by atoms with E-state index in [4.69, 9.17) is 10.5 Å². The topological polar surface area (TPSA) is 81.6 Å². The zero-order chi connectivity index (χ0) is 24.9. The standard InChI is InChI=1S/C24H24F4N6O/c1-13(2)35-19-10-16(25)9-14-3-5-18(30-21(14)19)23-32-31-20-6-4-15(11-34(20)23)22(24(26,27)28)33-8-7-17(29)12-33/h3-6,9-11,13,17,22H,7-8,12,29H2,1-2H3. The molecule has 0 amide bonds. The predicted octanol–water partition coefficient (Wildman–Crippen LogP) is 4.51. The first kappa shape index (κ1) is 23.4. The molecule has 5 rings (SSSR count). The van der Waals surface area contributed by atoms with Gasteiger partial charge in [0.15, 0.2) is 11.5 Å². The Hall–Kier alpha value is -3.31. The molecule has 2 atom stereocenters. The van der Waals surface area contributed by atoms with E-state index in [0.29, 0.717) is 28.7 Å². The van der Waals surface area contributed by atoms with Crippen molar-refractivity contribution in [1.29, 1.82) is 0 Å². The Labute approximate surface area is 198 Å². The molecule has 1 aliphatic rings. The Balaban J connectivity index is 1.61. The number of hydrogen-bond donors (Lipinski definition) is 1. The van der Waals surface area contributed by atoms with E-state index in [1.807, 2.05) is 13.8 Å². The van der Waals surface area contributed by atoms with Gasteiger partial charge in [-0.15, -0.1) is 10.2 Å². The lowest BCUT2D eigenvalue weighted by Gasteiger charge is -2.30. The Kier molecular flexibility index (Phi) is 5.84. The van der Waals surface area contributed by atoms with Crippen LogP contribution in [0.3, 0.4) is 0 Å². The van der Waals surface area contributed by atoms with Crippen LogP contribution in [0.15, 0.2) is 42.6 Å². The van der Waals surface area contributed by atoms with Crippen molar-refractivity contribution in [3.8, 4) is 17.3 Å². The summed E-state index contributed by atoms with van der Waals surface area (Å²) in [4.78, 5) is 5.96. The maximum Gasteiger partial charge on any atom is 0.408 e. The van der Waals surface area contributed by atoms with Crippen LogP contribution < -0.4 is 10.5 Å². The molecule has 4 heterocycles. The van der Waals surface area contributed by atoms with Crippen LogP contribution in [0.4, 0.5) is 17.6 Å². The predicted molar refractivity (Wildman–Crippen MR) is 122 cm³/mol. The quantitative estimate of drug-likeness (QED) is 0.417. The summed E-state index contributed by atoms with van der Waals surface area (Å²) >= 11 is 0. The lowest BCUT2D eigenvalue weighted by atomic mass is 10.1. The van der Waals surface area contributed by atoms with Crippen LogP contribution in [-0.2, 0) is 0 Å². The molecular formula is C24H24F4N6O. The Bertz CT molecular complexity index is 1390. The minimum Gasteiger partial charge on any atom is -0.489 e. The summed E-state index contributed by atoms with van der Waals surface area (Å²) < 4.78 is 63.6. The van der Waals surface area contributed by atoms with E-state index in [1.165, 1.54) is 39.8 Å². The highest BCUT2D eigenvalue weighted by atomic mass is 19.4. The van der Waals surface area contributed by atoms with Crippen LogP contribution in [0.25, 0.3) is 28.1 Å². The van der Waals surface area contributed by atoms with Crippen molar-refractivity contribution in [3.05, 3.63) is 54.0 Å². The lowest BCUT2D eigenvalue weighted by Crippen LogP contribution is -2.38. The first-order valence-corrected chi connectivity index (χ1v) is 11.3. The van der Waals surface area contributed by atoms with Gasteiger partial charge >= 0.3 is 6.18 Å². The minimum atomic E-state index is -4.49. The van der Waals surface area contributed by atoms with Crippen LogP contribution in [0.2, 0.25) is 0 Å². The lowest BCUT2D eigenvalue weighted by molar-refractivity contribution is -0.183. The Morgan fingerprint density at radius 1 is 1.11 bits per heavy atom. The van der Waals surface area contributed by atoms with Crippen molar-refractivity contribution in [2.75, 3.05) is 13.1 Å². The third kappa shape index (κ3) is 4.53. The van der Waals surface area contributed by atoms with E-state index in [1.54, 1.807) is 12.1 Å². The van der Waals surface area contributed by atoms with Crippen molar-refractivity contribution < 1.29 is 22.3 Å². The largest absolute Gasteiger partial charge is 0.489 e. The first-order valence-electron chi connectivity index (χ1n) is 11.3. The van der Waals surface area contributed by atoms with Gasteiger partial charge in [-0.3, -0.25) is 9.30 Å². The number of ether oxygens (including phenoxy) is 1. The van der Waals surface area contributed by atoms with Crippen LogP contribution in [0.1, 0.15) is 31.9 Å². The second-order valence-electron chi connectivity index (χ2n) is 9.04. The average molecular weight is 488 g/mol. The molecule has 1 aliphatic heterocycles.